The molecule has 1 aromatic carbocycles. The normalized spacial score (nSPS) is 23.2. The quantitative estimate of drug-likeness (QED) is 0.714. The number of anilines is 1. The number of esters is 1. The third kappa shape index (κ3) is 4.31. The van der Waals surface area contributed by atoms with Gasteiger partial charge in [0.15, 0.2) is 6.04 Å². The molecular formula is C22H25F3N4O3. The molecule has 2 aliphatic rings. The number of nitrogens with zero attached hydrogens (tertiary/aromatic N) is 3. The van der Waals surface area contributed by atoms with Crippen molar-refractivity contribution in [2.45, 2.75) is 44.4 Å². The molecule has 0 radical (unpaired) electrons. The van der Waals surface area contributed by atoms with Gasteiger partial charge < -0.3 is 15.0 Å². The number of carbonyl (C=O) groups is 2. The predicted molar refractivity (Wildman–Crippen MR) is 110 cm³/mol. The zero-order valence-electron chi connectivity index (χ0n) is 17.6. The molecule has 0 saturated carbocycles. The van der Waals surface area contributed by atoms with Crippen LogP contribution in [0.2, 0.25) is 0 Å². The number of amides is 1. The zero-order chi connectivity index (χ0) is 22.9. The van der Waals surface area contributed by atoms with Crippen LogP contribution in [-0.2, 0) is 9.53 Å². The summed E-state index contributed by atoms with van der Waals surface area (Å²) in [6.07, 6.45) is -2.34. The second-order valence-electron chi connectivity index (χ2n) is 8.09. The van der Waals surface area contributed by atoms with Crippen molar-refractivity contribution in [2.24, 2.45) is 5.92 Å². The fourth-order valence-corrected chi connectivity index (χ4v) is 4.41. The maximum atomic E-state index is 13.9. The Morgan fingerprint density at radius 1 is 1.25 bits per heavy atom. The molecule has 2 aliphatic heterocycles. The Morgan fingerprint density at radius 2 is 2.00 bits per heavy atom. The van der Waals surface area contributed by atoms with Crippen LogP contribution in [-0.4, -0.2) is 52.4 Å². The fraction of sp³-hybridized carbons (Fsp3) is 0.500. The summed E-state index contributed by atoms with van der Waals surface area (Å²) in [6, 6.07) is 6.37. The Bertz CT molecular complexity index is 977. The summed E-state index contributed by atoms with van der Waals surface area (Å²) in [5, 5.41) is 7.03. The molecule has 32 heavy (non-hydrogen) atoms. The van der Waals surface area contributed by atoms with Crippen LogP contribution in [0, 0.1) is 5.92 Å². The molecular weight excluding hydrogens is 425 g/mol. The molecule has 0 aliphatic carbocycles. The molecule has 1 aromatic heterocycles. The third-order valence-electron chi connectivity index (χ3n) is 6.00. The van der Waals surface area contributed by atoms with Crippen molar-refractivity contribution in [3.8, 4) is 0 Å². The number of hydrogen-bond acceptors (Lipinski definition) is 5. The average Bonchev–Trinajstić information content (AvgIpc) is 3.22. The van der Waals surface area contributed by atoms with Crippen molar-refractivity contribution in [3.63, 3.8) is 0 Å². The molecule has 1 amide bonds. The monoisotopic (exact) mass is 450 g/mol. The number of halogens is 3. The van der Waals surface area contributed by atoms with Gasteiger partial charge >= 0.3 is 12.1 Å². The lowest BCUT2D eigenvalue weighted by atomic mass is 9.96. The number of hydrogen-bond donors (Lipinski definition) is 1. The van der Waals surface area contributed by atoms with Crippen LogP contribution < -0.4 is 5.32 Å². The molecule has 0 bridgehead atoms. The van der Waals surface area contributed by atoms with Gasteiger partial charge in [-0.3, -0.25) is 9.59 Å². The van der Waals surface area contributed by atoms with Crippen molar-refractivity contribution in [1.29, 1.82) is 0 Å². The number of aromatic nitrogens is 2. The molecule has 0 unspecified atom stereocenters. The van der Waals surface area contributed by atoms with E-state index < -0.39 is 30.1 Å². The molecule has 10 heteroatoms. The Morgan fingerprint density at radius 3 is 2.69 bits per heavy atom. The summed E-state index contributed by atoms with van der Waals surface area (Å²) in [4.78, 5) is 26.9. The molecule has 7 nitrogen and oxygen atoms in total. The Balaban J connectivity index is 1.63. The van der Waals surface area contributed by atoms with Gasteiger partial charge in [-0.1, -0.05) is 30.3 Å². The lowest BCUT2D eigenvalue weighted by molar-refractivity contribution is -0.173. The summed E-state index contributed by atoms with van der Waals surface area (Å²) in [5.74, 6) is -1.19. The van der Waals surface area contributed by atoms with Crippen LogP contribution in [0.15, 0.2) is 36.5 Å². The lowest BCUT2D eigenvalue weighted by Gasteiger charge is -2.35. The number of nitrogens with one attached hydrogen (secondary N) is 1. The minimum absolute atomic E-state index is 0.0516. The molecule has 1 N–H and O–H groups in total. The van der Waals surface area contributed by atoms with Crippen LogP contribution in [0.3, 0.4) is 0 Å². The van der Waals surface area contributed by atoms with E-state index in [1.807, 2.05) is 0 Å². The SMILES string of the molecule is CCOC(=O)[C@@H]1CCCN(C(=O)c2cnn3c2N[C@H](c2ccccc2)C[C@H]3C(F)(F)F)C1. The molecule has 4 rings (SSSR count). The van der Waals surface area contributed by atoms with E-state index >= 15 is 0 Å². The number of fused-ring (bicyclic) bond motifs is 1. The first-order valence-corrected chi connectivity index (χ1v) is 10.7. The number of likely N-dealkylation sites (tertiary alicyclic amines) is 1. The van der Waals surface area contributed by atoms with E-state index in [0.29, 0.717) is 24.9 Å². The van der Waals surface area contributed by atoms with Crippen molar-refractivity contribution in [3.05, 3.63) is 47.7 Å². The molecule has 2 aromatic rings. The van der Waals surface area contributed by atoms with Gasteiger partial charge in [0.05, 0.1) is 24.8 Å². The third-order valence-corrected chi connectivity index (χ3v) is 6.00. The second kappa shape index (κ2) is 8.84. The van der Waals surface area contributed by atoms with Gasteiger partial charge in [-0.25, -0.2) is 4.68 Å². The molecule has 1 saturated heterocycles. The predicted octanol–water partition coefficient (Wildman–Crippen LogP) is 3.96. The first-order chi connectivity index (χ1) is 15.3. The van der Waals surface area contributed by atoms with Gasteiger partial charge in [0.1, 0.15) is 11.4 Å². The highest BCUT2D eigenvalue weighted by molar-refractivity contribution is 5.99. The number of rotatable bonds is 4. The van der Waals surface area contributed by atoms with E-state index in [0.717, 1.165) is 4.68 Å². The number of alkyl halides is 3. The summed E-state index contributed by atoms with van der Waals surface area (Å²) in [6.45, 7) is 2.57. The van der Waals surface area contributed by atoms with Crippen LogP contribution in [0.25, 0.3) is 0 Å². The number of benzene rings is 1. The second-order valence-corrected chi connectivity index (χ2v) is 8.09. The van der Waals surface area contributed by atoms with E-state index in [1.165, 1.54) is 11.1 Å². The van der Waals surface area contributed by atoms with Crippen molar-refractivity contribution in [1.82, 2.24) is 14.7 Å². The summed E-state index contributed by atoms with van der Waals surface area (Å²) < 4.78 is 47.5. The standard InChI is InChI=1S/C22H25F3N4O3/c1-2-32-21(31)15-9-6-10-28(13-15)20(30)16-12-26-29-18(22(23,24)25)11-17(27-19(16)29)14-7-4-3-5-8-14/h3-5,7-8,12,15,17-18,27H,2,6,9-11,13H2,1H3/t15-,17+,18+/m1/s1. The van der Waals surface area contributed by atoms with Crippen LogP contribution in [0.1, 0.15) is 54.2 Å². The minimum atomic E-state index is -4.52. The number of carbonyl (C=O) groups excluding carboxylic acids is 2. The van der Waals surface area contributed by atoms with Gasteiger partial charge in [0.25, 0.3) is 5.91 Å². The Kier molecular flexibility index (Phi) is 6.12. The molecule has 1 fully saturated rings. The average molecular weight is 450 g/mol. The van der Waals surface area contributed by atoms with Crippen molar-refractivity contribution < 1.29 is 27.5 Å². The Hall–Kier alpha value is -3.04. The maximum Gasteiger partial charge on any atom is 0.410 e. The van der Waals surface area contributed by atoms with Crippen molar-refractivity contribution in [2.75, 3.05) is 25.0 Å². The van der Waals surface area contributed by atoms with Crippen LogP contribution >= 0.6 is 0 Å². The zero-order valence-corrected chi connectivity index (χ0v) is 17.6. The van der Waals surface area contributed by atoms with Gasteiger partial charge in [-0.15, -0.1) is 0 Å². The van der Waals surface area contributed by atoms with Gasteiger partial charge in [-0.2, -0.15) is 18.3 Å². The topological polar surface area (TPSA) is 76.5 Å². The highest BCUT2D eigenvalue weighted by Crippen LogP contribution is 2.44. The van der Waals surface area contributed by atoms with E-state index in [9.17, 15) is 22.8 Å². The van der Waals surface area contributed by atoms with E-state index in [-0.39, 0.29) is 36.9 Å². The highest BCUT2D eigenvalue weighted by atomic mass is 19.4. The molecule has 3 atom stereocenters. The van der Waals surface area contributed by atoms with E-state index in [4.69, 9.17) is 4.74 Å². The first kappa shape index (κ1) is 22.2. The largest absolute Gasteiger partial charge is 0.466 e. The van der Waals surface area contributed by atoms with Gasteiger partial charge in [0, 0.05) is 19.5 Å². The summed E-state index contributed by atoms with van der Waals surface area (Å²) in [7, 11) is 0. The summed E-state index contributed by atoms with van der Waals surface area (Å²) in [5.41, 5.74) is 0.775. The smallest absolute Gasteiger partial charge is 0.410 e. The highest BCUT2D eigenvalue weighted by Gasteiger charge is 2.47. The van der Waals surface area contributed by atoms with E-state index in [2.05, 4.69) is 10.4 Å². The number of piperidine rings is 1. The summed E-state index contributed by atoms with van der Waals surface area (Å²) >= 11 is 0. The van der Waals surface area contributed by atoms with Gasteiger partial charge in [0.2, 0.25) is 0 Å². The van der Waals surface area contributed by atoms with Gasteiger partial charge in [-0.05, 0) is 25.3 Å². The molecule has 3 heterocycles. The van der Waals surface area contributed by atoms with Crippen LogP contribution in [0.4, 0.5) is 19.0 Å². The lowest BCUT2D eigenvalue weighted by Crippen LogP contribution is -2.43. The minimum Gasteiger partial charge on any atom is -0.466 e. The molecule has 172 valence electrons. The van der Waals surface area contributed by atoms with Crippen molar-refractivity contribution >= 4 is 17.7 Å². The first-order valence-electron chi connectivity index (χ1n) is 10.7. The van der Waals surface area contributed by atoms with Crippen LogP contribution in [0.5, 0.6) is 0 Å². The number of ether oxygens (including phenoxy) is 1. The van der Waals surface area contributed by atoms with E-state index in [1.54, 1.807) is 37.3 Å². The Labute approximate surface area is 183 Å². The fourth-order valence-electron chi connectivity index (χ4n) is 4.41. The maximum absolute atomic E-state index is 13.9. The molecule has 0 spiro atoms.